The van der Waals surface area contributed by atoms with Gasteiger partial charge in [0.05, 0.1) is 6.07 Å². The predicted octanol–water partition coefficient (Wildman–Crippen LogP) is 3.49. The Balaban J connectivity index is 2.56. The van der Waals surface area contributed by atoms with Crippen molar-refractivity contribution >= 4 is 5.69 Å². The molecule has 20 heavy (non-hydrogen) atoms. The SMILES string of the molecule is CCNC(C)(C#N)CCCN(CC)c1cccc(C)c1. The summed E-state index contributed by atoms with van der Waals surface area (Å²) in [6, 6.07) is 11.0. The maximum absolute atomic E-state index is 9.27. The first-order valence-electron chi connectivity index (χ1n) is 7.52. The molecule has 3 heteroatoms. The largest absolute Gasteiger partial charge is 0.372 e. The summed E-state index contributed by atoms with van der Waals surface area (Å²) >= 11 is 0. The van der Waals surface area contributed by atoms with Gasteiger partial charge < -0.3 is 4.90 Å². The lowest BCUT2D eigenvalue weighted by atomic mass is 9.97. The molecule has 0 amide bonds. The molecule has 0 saturated heterocycles. The van der Waals surface area contributed by atoms with Crippen molar-refractivity contribution in [1.82, 2.24) is 5.32 Å². The van der Waals surface area contributed by atoms with Gasteiger partial charge in [-0.15, -0.1) is 0 Å². The summed E-state index contributed by atoms with van der Waals surface area (Å²) in [7, 11) is 0. The molecule has 0 radical (unpaired) electrons. The van der Waals surface area contributed by atoms with Gasteiger partial charge in [-0.1, -0.05) is 19.1 Å². The van der Waals surface area contributed by atoms with Crippen LogP contribution in [0.5, 0.6) is 0 Å². The zero-order chi connectivity index (χ0) is 15.0. The molecule has 1 aromatic carbocycles. The number of anilines is 1. The summed E-state index contributed by atoms with van der Waals surface area (Å²) in [6.07, 6.45) is 1.89. The van der Waals surface area contributed by atoms with E-state index in [0.717, 1.165) is 32.5 Å². The van der Waals surface area contributed by atoms with Gasteiger partial charge in [0.2, 0.25) is 0 Å². The average Bonchev–Trinajstić information content (AvgIpc) is 2.44. The van der Waals surface area contributed by atoms with Crippen molar-refractivity contribution in [3.63, 3.8) is 0 Å². The van der Waals surface area contributed by atoms with Crippen LogP contribution in [0.3, 0.4) is 0 Å². The Bertz CT molecular complexity index is 450. The van der Waals surface area contributed by atoms with E-state index in [1.165, 1.54) is 11.3 Å². The van der Waals surface area contributed by atoms with Crippen LogP contribution in [-0.2, 0) is 0 Å². The van der Waals surface area contributed by atoms with Crippen molar-refractivity contribution in [2.45, 2.75) is 46.1 Å². The van der Waals surface area contributed by atoms with Crippen molar-refractivity contribution in [1.29, 1.82) is 5.26 Å². The fourth-order valence-corrected chi connectivity index (χ4v) is 2.49. The molecule has 1 aromatic rings. The lowest BCUT2D eigenvalue weighted by Crippen LogP contribution is -2.41. The predicted molar refractivity (Wildman–Crippen MR) is 86.0 cm³/mol. The average molecular weight is 273 g/mol. The second-order valence-corrected chi connectivity index (χ2v) is 5.50. The van der Waals surface area contributed by atoms with Crippen molar-refractivity contribution in [3.8, 4) is 6.07 Å². The fourth-order valence-electron chi connectivity index (χ4n) is 2.49. The number of hydrogen-bond donors (Lipinski definition) is 1. The molecule has 3 nitrogen and oxygen atoms in total. The topological polar surface area (TPSA) is 39.1 Å². The molecule has 110 valence electrons. The van der Waals surface area contributed by atoms with Gasteiger partial charge in [-0.2, -0.15) is 5.26 Å². The summed E-state index contributed by atoms with van der Waals surface area (Å²) in [6.45, 7) is 11.1. The van der Waals surface area contributed by atoms with Gasteiger partial charge in [-0.05, 0) is 57.9 Å². The smallest absolute Gasteiger partial charge is 0.103 e. The summed E-state index contributed by atoms with van der Waals surface area (Å²) in [5, 5.41) is 12.5. The van der Waals surface area contributed by atoms with Crippen LogP contribution in [0.1, 0.15) is 39.2 Å². The first-order chi connectivity index (χ1) is 9.54. The highest BCUT2D eigenvalue weighted by molar-refractivity contribution is 5.48. The molecule has 0 saturated carbocycles. The number of nitriles is 1. The first-order valence-corrected chi connectivity index (χ1v) is 7.52. The summed E-state index contributed by atoms with van der Waals surface area (Å²) < 4.78 is 0. The molecule has 0 aromatic heterocycles. The molecule has 0 aliphatic heterocycles. The van der Waals surface area contributed by atoms with E-state index in [2.05, 4.69) is 54.4 Å². The number of benzene rings is 1. The number of rotatable bonds is 8. The maximum Gasteiger partial charge on any atom is 0.103 e. The van der Waals surface area contributed by atoms with E-state index in [9.17, 15) is 5.26 Å². The van der Waals surface area contributed by atoms with Crippen molar-refractivity contribution in [3.05, 3.63) is 29.8 Å². The Labute approximate surface area is 123 Å². The van der Waals surface area contributed by atoms with Crippen LogP contribution in [0.15, 0.2) is 24.3 Å². The first kappa shape index (κ1) is 16.5. The minimum Gasteiger partial charge on any atom is -0.372 e. The van der Waals surface area contributed by atoms with E-state index in [4.69, 9.17) is 0 Å². The molecular weight excluding hydrogens is 246 g/mol. The molecule has 1 rings (SSSR count). The third kappa shape index (κ3) is 4.86. The summed E-state index contributed by atoms with van der Waals surface area (Å²) in [5.41, 5.74) is 2.16. The van der Waals surface area contributed by atoms with Gasteiger partial charge in [0, 0.05) is 18.8 Å². The summed E-state index contributed by atoms with van der Waals surface area (Å²) in [5.74, 6) is 0. The van der Waals surface area contributed by atoms with E-state index >= 15 is 0 Å². The Hall–Kier alpha value is -1.53. The van der Waals surface area contributed by atoms with Gasteiger partial charge in [0.15, 0.2) is 0 Å². The third-order valence-electron chi connectivity index (χ3n) is 3.67. The third-order valence-corrected chi connectivity index (χ3v) is 3.67. The Morgan fingerprint density at radius 2 is 2.10 bits per heavy atom. The van der Waals surface area contributed by atoms with E-state index in [1.807, 2.05) is 13.8 Å². The number of nitrogens with zero attached hydrogens (tertiary/aromatic N) is 2. The van der Waals surface area contributed by atoms with E-state index in [1.54, 1.807) is 0 Å². The lowest BCUT2D eigenvalue weighted by Gasteiger charge is -2.27. The zero-order valence-electron chi connectivity index (χ0n) is 13.2. The molecule has 0 spiro atoms. The van der Waals surface area contributed by atoms with Gasteiger partial charge in [0.1, 0.15) is 5.54 Å². The minimum atomic E-state index is -0.402. The Morgan fingerprint density at radius 1 is 1.35 bits per heavy atom. The molecule has 0 bridgehead atoms. The quantitative estimate of drug-likeness (QED) is 0.788. The highest BCUT2D eigenvalue weighted by Gasteiger charge is 2.21. The molecule has 1 N–H and O–H groups in total. The van der Waals surface area contributed by atoms with Crippen molar-refractivity contribution < 1.29 is 0 Å². The van der Waals surface area contributed by atoms with E-state index < -0.39 is 5.54 Å². The molecule has 0 fully saturated rings. The Kier molecular flexibility index (Phi) is 6.54. The molecule has 0 aliphatic carbocycles. The molecular formula is C17H27N3. The number of hydrogen-bond acceptors (Lipinski definition) is 3. The zero-order valence-corrected chi connectivity index (χ0v) is 13.2. The maximum atomic E-state index is 9.27. The van der Waals surface area contributed by atoms with Crippen molar-refractivity contribution in [2.75, 3.05) is 24.5 Å². The van der Waals surface area contributed by atoms with Crippen LogP contribution < -0.4 is 10.2 Å². The van der Waals surface area contributed by atoms with Crippen molar-refractivity contribution in [2.24, 2.45) is 0 Å². The second kappa shape index (κ2) is 7.91. The number of nitrogens with one attached hydrogen (secondary N) is 1. The van der Waals surface area contributed by atoms with Crippen LogP contribution in [0.4, 0.5) is 5.69 Å². The molecule has 1 unspecified atom stereocenters. The highest BCUT2D eigenvalue weighted by Crippen LogP contribution is 2.18. The molecule has 0 aliphatic rings. The van der Waals surface area contributed by atoms with E-state index in [0.29, 0.717) is 0 Å². The van der Waals surface area contributed by atoms with Gasteiger partial charge in [-0.3, -0.25) is 5.32 Å². The minimum absolute atomic E-state index is 0.402. The number of aryl methyl sites for hydroxylation is 1. The van der Waals surface area contributed by atoms with E-state index in [-0.39, 0.29) is 0 Å². The normalized spacial score (nSPS) is 13.6. The van der Waals surface area contributed by atoms with Gasteiger partial charge in [-0.25, -0.2) is 0 Å². The summed E-state index contributed by atoms with van der Waals surface area (Å²) in [4.78, 5) is 2.37. The van der Waals surface area contributed by atoms with Crippen LogP contribution in [-0.4, -0.2) is 25.2 Å². The monoisotopic (exact) mass is 273 g/mol. The van der Waals surface area contributed by atoms with Gasteiger partial charge in [0.25, 0.3) is 0 Å². The Morgan fingerprint density at radius 3 is 2.65 bits per heavy atom. The lowest BCUT2D eigenvalue weighted by molar-refractivity contribution is 0.417. The van der Waals surface area contributed by atoms with Crippen LogP contribution in [0, 0.1) is 18.3 Å². The van der Waals surface area contributed by atoms with Crippen LogP contribution >= 0.6 is 0 Å². The molecule has 0 heterocycles. The standard InChI is InChI=1S/C17H27N3/c1-5-19-17(4,14-18)11-8-12-20(6-2)16-10-7-9-15(3)13-16/h7,9-10,13,19H,5-6,8,11-12H2,1-4H3. The van der Waals surface area contributed by atoms with Crippen LogP contribution in [0.25, 0.3) is 0 Å². The van der Waals surface area contributed by atoms with Crippen LogP contribution in [0.2, 0.25) is 0 Å². The second-order valence-electron chi connectivity index (χ2n) is 5.50. The van der Waals surface area contributed by atoms with Gasteiger partial charge >= 0.3 is 0 Å². The fraction of sp³-hybridized carbons (Fsp3) is 0.588. The highest BCUT2D eigenvalue weighted by atomic mass is 15.1. The molecule has 1 atom stereocenters.